The summed E-state index contributed by atoms with van der Waals surface area (Å²) in [6.07, 6.45) is -9.03. The van der Waals surface area contributed by atoms with Crippen LogP contribution in [-0.4, -0.2) is 83.7 Å². The van der Waals surface area contributed by atoms with Crippen molar-refractivity contribution in [2.24, 2.45) is 5.92 Å². The Morgan fingerprint density at radius 3 is 1.92 bits per heavy atom. The molecule has 0 saturated carbocycles. The van der Waals surface area contributed by atoms with Crippen LogP contribution >= 0.6 is 0 Å². The number of amides is 2. The first kappa shape index (κ1) is 48.5. The summed E-state index contributed by atoms with van der Waals surface area (Å²) in [4.78, 5) is 54.9. The van der Waals surface area contributed by atoms with Crippen molar-refractivity contribution in [1.82, 2.24) is 10.2 Å². The van der Waals surface area contributed by atoms with Crippen LogP contribution in [0.3, 0.4) is 0 Å². The Labute approximate surface area is 352 Å². The molecule has 5 atom stereocenters. The van der Waals surface area contributed by atoms with Gasteiger partial charge in [-0.1, -0.05) is 43.3 Å². The molecule has 1 saturated heterocycles. The summed E-state index contributed by atoms with van der Waals surface area (Å²) in [6, 6.07) is 12.5. The number of Topliss-reactive ketones (excluding diaryl/α,β-unsaturated/α-hetero) is 1. The highest BCUT2D eigenvalue weighted by molar-refractivity contribution is 5.91. The number of nitrogens with one attached hydrogen (secondary N) is 1. The van der Waals surface area contributed by atoms with Gasteiger partial charge in [0.05, 0.1) is 37.1 Å². The molecular weight excluding hydrogens is 810 g/mol. The first-order chi connectivity index (χ1) is 28.3. The number of ketones is 1. The molecular formula is C45H54F6N2O8. The van der Waals surface area contributed by atoms with Gasteiger partial charge < -0.3 is 24.3 Å². The summed E-state index contributed by atoms with van der Waals surface area (Å²) in [5.41, 5.74) is -0.612. The van der Waals surface area contributed by atoms with Crippen LogP contribution in [0.5, 0.6) is 0 Å². The van der Waals surface area contributed by atoms with Gasteiger partial charge in [0.15, 0.2) is 5.78 Å². The molecule has 1 fully saturated rings. The predicted molar refractivity (Wildman–Crippen MR) is 213 cm³/mol. The minimum Gasteiger partial charge on any atom is -0.463 e. The molecule has 10 nitrogen and oxygen atoms in total. The fourth-order valence-electron chi connectivity index (χ4n) is 6.92. The second-order valence-electron chi connectivity index (χ2n) is 17.3. The summed E-state index contributed by atoms with van der Waals surface area (Å²) in [7, 11) is 0. The maximum atomic E-state index is 15.8. The summed E-state index contributed by atoms with van der Waals surface area (Å²) in [5.74, 6) is -6.31. The monoisotopic (exact) mass is 864 g/mol. The van der Waals surface area contributed by atoms with Crippen molar-refractivity contribution in [3.63, 3.8) is 0 Å². The van der Waals surface area contributed by atoms with Gasteiger partial charge in [-0.15, -0.1) is 0 Å². The third-order valence-corrected chi connectivity index (χ3v) is 9.93. The Bertz CT molecular complexity index is 1930. The molecule has 16 heteroatoms. The minimum absolute atomic E-state index is 0.00727. The molecule has 0 spiro atoms. The van der Waals surface area contributed by atoms with Crippen molar-refractivity contribution in [2.45, 2.75) is 129 Å². The van der Waals surface area contributed by atoms with Gasteiger partial charge >= 0.3 is 24.3 Å². The van der Waals surface area contributed by atoms with Crippen LogP contribution in [0.15, 0.2) is 66.7 Å². The highest BCUT2D eigenvalue weighted by Crippen LogP contribution is 2.33. The molecule has 1 aliphatic rings. The largest absolute Gasteiger partial charge is 0.463 e. The van der Waals surface area contributed by atoms with E-state index in [0.29, 0.717) is 11.1 Å². The van der Waals surface area contributed by atoms with Gasteiger partial charge in [-0.2, -0.15) is 13.2 Å². The number of carbonyl (C=O) groups is 4. The number of benzene rings is 3. The normalized spacial score (nSPS) is 18.3. The zero-order valence-corrected chi connectivity index (χ0v) is 35.5. The summed E-state index contributed by atoms with van der Waals surface area (Å²) >= 11 is 0. The lowest BCUT2D eigenvalue weighted by Gasteiger charge is -2.43. The van der Waals surface area contributed by atoms with Crippen LogP contribution < -0.4 is 5.32 Å². The van der Waals surface area contributed by atoms with Gasteiger partial charge in [0, 0.05) is 12.3 Å². The Morgan fingerprint density at radius 1 is 0.836 bits per heavy atom. The van der Waals surface area contributed by atoms with Gasteiger partial charge in [-0.05, 0) is 114 Å². The van der Waals surface area contributed by atoms with E-state index in [1.165, 1.54) is 65.6 Å². The van der Waals surface area contributed by atoms with Gasteiger partial charge in [0.2, 0.25) is 0 Å². The van der Waals surface area contributed by atoms with Crippen LogP contribution in [0, 0.1) is 23.4 Å². The van der Waals surface area contributed by atoms with Crippen LogP contribution in [0.25, 0.3) is 0 Å². The number of hydrogen-bond donors (Lipinski definition) is 1. The van der Waals surface area contributed by atoms with Gasteiger partial charge in [0.25, 0.3) is 0 Å². The number of esters is 1. The molecule has 334 valence electrons. The van der Waals surface area contributed by atoms with E-state index >= 15 is 4.39 Å². The third kappa shape index (κ3) is 14.5. The van der Waals surface area contributed by atoms with E-state index in [4.69, 9.17) is 18.9 Å². The van der Waals surface area contributed by atoms with Crippen LogP contribution in [0.2, 0.25) is 0 Å². The van der Waals surface area contributed by atoms with Crippen LogP contribution in [0.1, 0.15) is 96.4 Å². The van der Waals surface area contributed by atoms with Gasteiger partial charge in [0.1, 0.15) is 41.3 Å². The van der Waals surface area contributed by atoms with E-state index in [1.54, 1.807) is 54.5 Å². The third-order valence-electron chi connectivity index (χ3n) is 9.93. The number of nitrogens with zero attached hydrogens (tertiary/aromatic N) is 1. The maximum absolute atomic E-state index is 15.8. The standard InChI is InChI=1S/C45H54F6N2O8/c1-26(45(49,50)51)22-38(55)58-25-36-27(2)59-33(24-53(36)42(57)61-44(6,7)8)20-21-34-30(10-9-11-35(34)48)23-37(54)40(52-41(56)60-43(3,4)5)39(28-12-16-31(46)17-13-28)29-14-18-32(47)19-15-29/h9-19,26-27,33,36,39-40H,20-25H2,1-8H3,(H,52,56)/t26-,27+,33-,36-,40-/m1/s1. The lowest BCUT2D eigenvalue weighted by Crippen LogP contribution is -2.59. The average Bonchev–Trinajstić information content (AvgIpc) is 3.13. The number of alkyl halides is 3. The second-order valence-corrected chi connectivity index (χ2v) is 17.3. The number of carbonyl (C=O) groups excluding carboxylic acids is 4. The van der Waals surface area contributed by atoms with Crippen molar-refractivity contribution >= 4 is 23.9 Å². The predicted octanol–water partition coefficient (Wildman–Crippen LogP) is 9.40. The quantitative estimate of drug-likeness (QED) is 0.0968. The number of alkyl carbamates (subject to hydrolysis) is 1. The Hall–Kier alpha value is -5.12. The number of hydrogen-bond acceptors (Lipinski definition) is 8. The van der Waals surface area contributed by atoms with Crippen LogP contribution in [0.4, 0.5) is 35.9 Å². The zero-order chi connectivity index (χ0) is 45.4. The number of ether oxygens (including phenoxy) is 4. The fourth-order valence-corrected chi connectivity index (χ4v) is 6.92. The van der Waals surface area contributed by atoms with Crippen molar-refractivity contribution in [3.8, 4) is 0 Å². The smallest absolute Gasteiger partial charge is 0.410 e. The molecule has 2 amide bonds. The molecule has 0 unspecified atom stereocenters. The average molecular weight is 865 g/mol. The molecule has 3 aromatic rings. The Kier molecular flexibility index (Phi) is 16.1. The van der Waals surface area contributed by atoms with Crippen molar-refractivity contribution < 1.29 is 64.5 Å². The number of rotatable bonds is 14. The van der Waals surface area contributed by atoms with Crippen molar-refractivity contribution in [2.75, 3.05) is 13.2 Å². The number of halogens is 6. The van der Waals surface area contributed by atoms with E-state index in [9.17, 15) is 41.1 Å². The molecule has 0 bridgehead atoms. The van der Waals surface area contributed by atoms with E-state index in [1.807, 2.05) is 0 Å². The zero-order valence-electron chi connectivity index (χ0n) is 35.5. The molecule has 1 aliphatic heterocycles. The molecule has 1 N–H and O–H groups in total. The summed E-state index contributed by atoms with van der Waals surface area (Å²) in [5, 5.41) is 2.67. The van der Waals surface area contributed by atoms with Gasteiger partial charge in [-0.3, -0.25) is 14.5 Å². The molecule has 3 aromatic carbocycles. The minimum atomic E-state index is -4.60. The molecule has 0 radical (unpaired) electrons. The summed E-state index contributed by atoms with van der Waals surface area (Å²) < 4.78 is 106. The molecule has 0 aromatic heterocycles. The Balaban J connectivity index is 1.60. The highest BCUT2D eigenvalue weighted by Gasteiger charge is 2.42. The molecule has 1 heterocycles. The fraction of sp³-hybridized carbons (Fsp3) is 0.511. The molecule has 4 rings (SSSR count). The lowest BCUT2D eigenvalue weighted by atomic mass is 9.81. The van der Waals surface area contributed by atoms with E-state index in [2.05, 4.69) is 5.32 Å². The van der Waals surface area contributed by atoms with Crippen molar-refractivity contribution in [3.05, 3.63) is 106 Å². The second kappa shape index (κ2) is 20.2. The summed E-state index contributed by atoms with van der Waals surface area (Å²) in [6.45, 7) is 11.8. The molecule has 0 aliphatic carbocycles. The molecule has 61 heavy (non-hydrogen) atoms. The highest BCUT2D eigenvalue weighted by atomic mass is 19.4. The van der Waals surface area contributed by atoms with Crippen molar-refractivity contribution in [1.29, 1.82) is 0 Å². The SMILES string of the molecule is C[C@@H]1O[C@H](CCc2c(F)cccc2CC(=O)[C@@H](NC(=O)OC(C)(C)C)C(c2ccc(F)cc2)c2ccc(F)cc2)CN(C(=O)OC(C)(C)C)[C@@H]1COC(=O)C[C@@H](C)C(F)(F)F. The number of morpholine rings is 1. The first-order valence-corrected chi connectivity index (χ1v) is 20.0. The van der Waals surface area contributed by atoms with E-state index in [-0.39, 0.29) is 30.5 Å². The maximum Gasteiger partial charge on any atom is 0.410 e. The van der Waals surface area contributed by atoms with E-state index < -0.39 is 114 Å². The van der Waals surface area contributed by atoms with Gasteiger partial charge in [-0.25, -0.2) is 22.8 Å². The Morgan fingerprint density at radius 2 is 1.39 bits per heavy atom. The topological polar surface area (TPSA) is 120 Å². The first-order valence-electron chi connectivity index (χ1n) is 20.0. The van der Waals surface area contributed by atoms with Crippen LogP contribution in [-0.2, 0) is 41.4 Å². The lowest BCUT2D eigenvalue weighted by molar-refractivity contribution is -0.182. The van der Waals surface area contributed by atoms with E-state index in [0.717, 1.165) is 6.92 Å².